The highest BCUT2D eigenvalue weighted by atomic mass is 16.1. The highest BCUT2D eigenvalue weighted by Crippen LogP contribution is 2.27. The number of hydrogen-bond donors (Lipinski definition) is 1. The summed E-state index contributed by atoms with van der Waals surface area (Å²) in [5.74, 6) is -0.125. The van der Waals surface area contributed by atoms with E-state index in [0.29, 0.717) is 5.56 Å². The third-order valence-corrected chi connectivity index (χ3v) is 5.85. The van der Waals surface area contributed by atoms with Gasteiger partial charge in [-0.05, 0) is 30.2 Å². The minimum absolute atomic E-state index is 0.125. The summed E-state index contributed by atoms with van der Waals surface area (Å²) in [6, 6.07) is 37.8. The maximum Gasteiger partial charge on any atom is 0.252 e. The van der Waals surface area contributed by atoms with Crippen LogP contribution in [-0.4, -0.2) is 10.9 Å². The lowest BCUT2D eigenvalue weighted by Crippen LogP contribution is -2.29. The zero-order valence-electron chi connectivity index (χ0n) is 18.4. The van der Waals surface area contributed by atoms with Gasteiger partial charge in [0.25, 0.3) is 5.91 Å². The van der Waals surface area contributed by atoms with Gasteiger partial charge in [0.05, 0.1) is 22.8 Å². The second-order valence-electron chi connectivity index (χ2n) is 8.17. The summed E-state index contributed by atoms with van der Waals surface area (Å²) in [7, 11) is 0. The van der Waals surface area contributed by atoms with Gasteiger partial charge in [-0.25, -0.2) is 4.98 Å². The Morgan fingerprint density at radius 3 is 1.94 bits per heavy atom. The Labute approximate surface area is 193 Å². The normalized spacial score (nSPS) is 11.0. The first-order chi connectivity index (χ1) is 16.2. The summed E-state index contributed by atoms with van der Waals surface area (Å²) in [6.45, 7) is 2.06. The van der Waals surface area contributed by atoms with Crippen molar-refractivity contribution in [1.29, 1.82) is 0 Å². The Balaban J connectivity index is 1.59. The Kier molecular flexibility index (Phi) is 5.69. The van der Waals surface area contributed by atoms with Crippen molar-refractivity contribution >= 4 is 16.8 Å². The fourth-order valence-corrected chi connectivity index (χ4v) is 4.09. The summed E-state index contributed by atoms with van der Waals surface area (Å²) >= 11 is 0. The van der Waals surface area contributed by atoms with E-state index in [1.54, 1.807) is 0 Å². The van der Waals surface area contributed by atoms with Crippen LogP contribution in [-0.2, 0) is 0 Å². The molecule has 0 saturated carbocycles. The van der Waals surface area contributed by atoms with Gasteiger partial charge in [-0.1, -0.05) is 109 Å². The van der Waals surface area contributed by atoms with E-state index in [1.807, 2.05) is 103 Å². The molecule has 0 unspecified atom stereocenters. The second kappa shape index (κ2) is 9.09. The molecule has 160 valence electrons. The van der Waals surface area contributed by atoms with Crippen LogP contribution in [0.5, 0.6) is 0 Å². The largest absolute Gasteiger partial charge is 0.341 e. The number of carbonyl (C=O) groups excluding carboxylic acids is 1. The first-order valence-corrected chi connectivity index (χ1v) is 11.1. The topological polar surface area (TPSA) is 42.0 Å². The summed E-state index contributed by atoms with van der Waals surface area (Å²) in [4.78, 5) is 18.5. The van der Waals surface area contributed by atoms with Crippen molar-refractivity contribution < 1.29 is 4.79 Å². The fourth-order valence-electron chi connectivity index (χ4n) is 4.09. The maximum atomic E-state index is 13.7. The minimum Gasteiger partial charge on any atom is -0.341 e. The van der Waals surface area contributed by atoms with Gasteiger partial charge in [-0.15, -0.1) is 0 Å². The summed E-state index contributed by atoms with van der Waals surface area (Å²) in [5.41, 5.74) is 6.46. The molecule has 33 heavy (non-hydrogen) atoms. The number of aromatic nitrogens is 1. The van der Waals surface area contributed by atoms with Gasteiger partial charge in [0.1, 0.15) is 0 Å². The molecule has 1 N–H and O–H groups in total. The molecule has 0 radical (unpaired) electrons. The molecule has 3 nitrogen and oxygen atoms in total. The van der Waals surface area contributed by atoms with Crippen molar-refractivity contribution in [2.24, 2.45) is 0 Å². The number of aryl methyl sites for hydroxylation is 1. The second-order valence-corrected chi connectivity index (χ2v) is 8.17. The monoisotopic (exact) mass is 428 g/mol. The lowest BCUT2D eigenvalue weighted by molar-refractivity contribution is 0.0944. The molecule has 0 saturated heterocycles. The molecule has 0 spiro atoms. The molecule has 1 amide bonds. The number of carbonyl (C=O) groups is 1. The predicted molar refractivity (Wildman–Crippen MR) is 134 cm³/mol. The van der Waals surface area contributed by atoms with Crippen molar-refractivity contribution in [3.8, 4) is 11.3 Å². The summed E-state index contributed by atoms with van der Waals surface area (Å²) < 4.78 is 0. The predicted octanol–water partition coefficient (Wildman–Crippen LogP) is 6.73. The maximum absolute atomic E-state index is 13.7. The Morgan fingerprint density at radius 2 is 1.30 bits per heavy atom. The number of fused-ring (bicyclic) bond motifs is 1. The van der Waals surface area contributed by atoms with Crippen molar-refractivity contribution in [2.45, 2.75) is 13.0 Å². The first kappa shape index (κ1) is 20.7. The molecule has 0 bridgehead atoms. The van der Waals surface area contributed by atoms with E-state index in [2.05, 4.69) is 24.4 Å². The van der Waals surface area contributed by atoms with E-state index in [9.17, 15) is 4.79 Å². The number of nitrogens with zero attached hydrogens (tertiary/aromatic N) is 1. The van der Waals surface area contributed by atoms with Crippen molar-refractivity contribution in [1.82, 2.24) is 10.3 Å². The number of pyridine rings is 1. The van der Waals surface area contributed by atoms with Crippen LogP contribution in [0.4, 0.5) is 0 Å². The van der Waals surface area contributed by atoms with Crippen LogP contribution in [0.1, 0.15) is 33.1 Å². The fraction of sp³-hybridized carbons (Fsp3) is 0.0667. The van der Waals surface area contributed by atoms with Crippen LogP contribution in [0.3, 0.4) is 0 Å². The molecule has 1 aromatic heterocycles. The van der Waals surface area contributed by atoms with Gasteiger partial charge in [0, 0.05) is 10.9 Å². The third-order valence-electron chi connectivity index (χ3n) is 5.85. The minimum atomic E-state index is -0.255. The lowest BCUT2D eigenvalue weighted by atomic mass is 9.97. The lowest BCUT2D eigenvalue weighted by Gasteiger charge is -2.21. The van der Waals surface area contributed by atoms with E-state index in [4.69, 9.17) is 4.98 Å². The van der Waals surface area contributed by atoms with Gasteiger partial charge < -0.3 is 5.32 Å². The van der Waals surface area contributed by atoms with Crippen LogP contribution >= 0.6 is 0 Å². The number of benzene rings is 4. The van der Waals surface area contributed by atoms with Crippen LogP contribution < -0.4 is 5.32 Å². The molecule has 5 aromatic rings. The molecular weight excluding hydrogens is 404 g/mol. The molecule has 0 aliphatic rings. The van der Waals surface area contributed by atoms with E-state index in [1.165, 1.54) is 5.56 Å². The Hall–Kier alpha value is -4.24. The highest BCUT2D eigenvalue weighted by molar-refractivity contribution is 6.07. The average Bonchev–Trinajstić information content (AvgIpc) is 2.88. The van der Waals surface area contributed by atoms with Gasteiger partial charge in [0.15, 0.2) is 0 Å². The average molecular weight is 429 g/mol. The number of para-hydroxylation sites is 1. The smallest absolute Gasteiger partial charge is 0.252 e. The van der Waals surface area contributed by atoms with Crippen molar-refractivity contribution in [3.63, 3.8) is 0 Å². The molecule has 4 aromatic carbocycles. The zero-order chi connectivity index (χ0) is 22.6. The molecule has 0 aliphatic heterocycles. The van der Waals surface area contributed by atoms with E-state index in [0.717, 1.165) is 33.3 Å². The van der Waals surface area contributed by atoms with Gasteiger partial charge in [-0.2, -0.15) is 0 Å². The molecule has 5 rings (SSSR count). The Bertz CT molecular complexity index is 1350. The van der Waals surface area contributed by atoms with Crippen LogP contribution in [0.15, 0.2) is 115 Å². The molecular formula is C30H24N2O. The van der Waals surface area contributed by atoms with Crippen molar-refractivity contribution in [2.75, 3.05) is 0 Å². The first-order valence-electron chi connectivity index (χ1n) is 11.1. The third kappa shape index (κ3) is 4.39. The van der Waals surface area contributed by atoms with Crippen LogP contribution in [0, 0.1) is 6.92 Å². The highest BCUT2D eigenvalue weighted by Gasteiger charge is 2.20. The standard InChI is InChI=1S/C30H24N2O/c1-21-16-18-22(19-17-21)28-20-26(25-14-8-9-15-27(25)31-28)30(33)32-29(23-10-4-2-5-11-23)24-12-6-3-7-13-24/h2-20,29H,1H3,(H,32,33). The number of hydrogen-bond acceptors (Lipinski definition) is 2. The zero-order valence-corrected chi connectivity index (χ0v) is 18.4. The van der Waals surface area contributed by atoms with E-state index >= 15 is 0 Å². The van der Waals surface area contributed by atoms with E-state index < -0.39 is 0 Å². The van der Waals surface area contributed by atoms with Gasteiger partial charge in [0.2, 0.25) is 0 Å². The molecule has 0 fully saturated rings. The van der Waals surface area contributed by atoms with Crippen LogP contribution in [0.25, 0.3) is 22.2 Å². The summed E-state index contributed by atoms with van der Waals surface area (Å²) in [5, 5.41) is 4.12. The SMILES string of the molecule is Cc1ccc(-c2cc(C(=O)NC(c3ccccc3)c3ccccc3)c3ccccc3n2)cc1. The molecule has 0 atom stereocenters. The van der Waals surface area contributed by atoms with E-state index in [-0.39, 0.29) is 11.9 Å². The number of rotatable bonds is 5. The Morgan fingerprint density at radius 1 is 0.727 bits per heavy atom. The van der Waals surface area contributed by atoms with Crippen molar-refractivity contribution in [3.05, 3.63) is 138 Å². The molecule has 0 aliphatic carbocycles. The van der Waals surface area contributed by atoms with Crippen LogP contribution in [0.2, 0.25) is 0 Å². The molecule has 3 heteroatoms. The van der Waals surface area contributed by atoms with Gasteiger partial charge >= 0.3 is 0 Å². The quantitative estimate of drug-likeness (QED) is 0.337. The van der Waals surface area contributed by atoms with Gasteiger partial charge in [-0.3, -0.25) is 4.79 Å². The summed E-state index contributed by atoms with van der Waals surface area (Å²) in [6.07, 6.45) is 0. The molecule has 1 heterocycles. The number of nitrogens with one attached hydrogen (secondary N) is 1. The number of amides is 1.